The van der Waals surface area contributed by atoms with Gasteiger partial charge in [-0.15, -0.1) is 0 Å². The molecule has 8 heteroatoms. The van der Waals surface area contributed by atoms with Crippen LogP contribution in [0.3, 0.4) is 0 Å². The van der Waals surface area contributed by atoms with Gasteiger partial charge in [0.05, 0.1) is 7.11 Å². The summed E-state index contributed by atoms with van der Waals surface area (Å²) in [6.07, 6.45) is 0.957. The fourth-order valence-electron chi connectivity index (χ4n) is 2.97. The molecule has 1 N–H and O–H groups in total. The maximum atomic E-state index is 14.3. The molecule has 1 aromatic carbocycles. The van der Waals surface area contributed by atoms with E-state index in [1.165, 1.54) is 7.11 Å². The number of carbonyl (C=O) groups excluding carboxylic acids is 2. The van der Waals surface area contributed by atoms with Crippen molar-refractivity contribution in [3.63, 3.8) is 0 Å². The molecule has 27 heavy (non-hydrogen) atoms. The maximum Gasteiger partial charge on any atom is 0.407 e. The fraction of sp³-hybridized carbons (Fsp3) is 0.474. The Balaban J connectivity index is 2.34. The van der Waals surface area contributed by atoms with Crippen LogP contribution in [0, 0.1) is 17.5 Å². The highest BCUT2D eigenvalue weighted by Gasteiger charge is 2.34. The summed E-state index contributed by atoms with van der Waals surface area (Å²) in [5.41, 5.74) is -0.546. The van der Waals surface area contributed by atoms with E-state index in [0.29, 0.717) is 11.6 Å². The summed E-state index contributed by atoms with van der Waals surface area (Å²) in [6.45, 7) is 5.04. The standard InChI is InChI=1S/C19H22F3NO4/c1-19(2,3)27-18(25)23-16-7-10(17(24)26-4)5-6-11(16)12-8-14(21)15(22)9-13(12)20/h5,8-9,11,16H,6-7H2,1-4H3,(H,23,25)/t11-,16+/m1/s1. The van der Waals surface area contributed by atoms with Gasteiger partial charge < -0.3 is 14.8 Å². The molecule has 1 amide bonds. The normalized spacial score (nSPS) is 19.9. The van der Waals surface area contributed by atoms with Crippen molar-refractivity contribution < 1.29 is 32.2 Å². The van der Waals surface area contributed by atoms with E-state index < -0.39 is 47.1 Å². The Morgan fingerprint density at radius 1 is 1.11 bits per heavy atom. The molecule has 148 valence electrons. The summed E-state index contributed by atoms with van der Waals surface area (Å²) in [4.78, 5) is 24.0. The van der Waals surface area contributed by atoms with E-state index in [1.807, 2.05) is 0 Å². The molecule has 1 aliphatic rings. The topological polar surface area (TPSA) is 64.6 Å². The highest BCUT2D eigenvalue weighted by atomic mass is 19.2. The van der Waals surface area contributed by atoms with Crippen LogP contribution in [0.2, 0.25) is 0 Å². The monoisotopic (exact) mass is 385 g/mol. The first-order valence-electron chi connectivity index (χ1n) is 8.43. The third kappa shape index (κ3) is 5.24. The first-order chi connectivity index (χ1) is 12.5. The summed E-state index contributed by atoms with van der Waals surface area (Å²) in [7, 11) is 1.22. The number of methoxy groups -OCH3 is 1. The van der Waals surface area contributed by atoms with Crippen molar-refractivity contribution in [2.75, 3.05) is 7.11 Å². The van der Waals surface area contributed by atoms with Crippen LogP contribution in [0.5, 0.6) is 0 Å². The average molecular weight is 385 g/mol. The molecule has 0 aliphatic heterocycles. The third-order valence-corrected chi connectivity index (χ3v) is 4.13. The predicted octanol–water partition coefficient (Wildman–Crippen LogP) is 3.97. The lowest BCUT2D eigenvalue weighted by Crippen LogP contribution is -2.44. The Morgan fingerprint density at radius 2 is 1.74 bits per heavy atom. The van der Waals surface area contributed by atoms with Gasteiger partial charge in [-0.25, -0.2) is 22.8 Å². The van der Waals surface area contributed by atoms with Crippen LogP contribution in [-0.4, -0.2) is 30.8 Å². The number of benzene rings is 1. The van der Waals surface area contributed by atoms with Gasteiger partial charge in [-0.3, -0.25) is 0 Å². The van der Waals surface area contributed by atoms with E-state index in [4.69, 9.17) is 4.74 Å². The Hall–Kier alpha value is -2.51. The van der Waals surface area contributed by atoms with Gasteiger partial charge in [0.2, 0.25) is 0 Å². The molecule has 0 spiro atoms. The molecule has 0 unspecified atom stereocenters. The lowest BCUT2D eigenvalue weighted by atomic mass is 9.80. The Kier molecular flexibility index (Phi) is 6.18. The minimum atomic E-state index is -1.30. The van der Waals surface area contributed by atoms with E-state index in [9.17, 15) is 22.8 Å². The average Bonchev–Trinajstić information content (AvgIpc) is 2.56. The van der Waals surface area contributed by atoms with Gasteiger partial charge in [-0.1, -0.05) is 6.08 Å². The maximum absolute atomic E-state index is 14.3. The molecule has 0 heterocycles. The second-order valence-electron chi connectivity index (χ2n) is 7.31. The van der Waals surface area contributed by atoms with Crippen LogP contribution in [0.25, 0.3) is 0 Å². The second-order valence-corrected chi connectivity index (χ2v) is 7.31. The highest BCUT2D eigenvalue weighted by molar-refractivity contribution is 5.88. The van der Waals surface area contributed by atoms with Crippen molar-refractivity contribution in [2.24, 2.45) is 0 Å². The molecular weight excluding hydrogens is 363 g/mol. The first-order valence-corrected chi connectivity index (χ1v) is 8.43. The van der Waals surface area contributed by atoms with Gasteiger partial charge >= 0.3 is 12.1 Å². The molecule has 2 atom stereocenters. The van der Waals surface area contributed by atoms with Gasteiger partial charge in [0, 0.05) is 30.0 Å². The molecule has 0 saturated carbocycles. The molecule has 1 aromatic rings. The van der Waals surface area contributed by atoms with E-state index in [1.54, 1.807) is 26.8 Å². The largest absolute Gasteiger partial charge is 0.466 e. The quantitative estimate of drug-likeness (QED) is 0.632. The summed E-state index contributed by atoms with van der Waals surface area (Å²) >= 11 is 0. The van der Waals surface area contributed by atoms with Crippen LogP contribution >= 0.6 is 0 Å². The lowest BCUT2D eigenvalue weighted by molar-refractivity contribution is -0.136. The molecule has 5 nitrogen and oxygen atoms in total. The van der Waals surface area contributed by atoms with Crippen molar-refractivity contribution >= 4 is 12.1 Å². The number of rotatable bonds is 3. The summed E-state index contributed by atoms with van der Waals surface area (Å²) in [5, 5.41) is 2.60. The lowest BCUT2D eigenvalue weighted by Gasteiger charge is -2.32. The summed E-state index contributed by atoms with van der Waals surface area (Å²) in [6, 6.07) is 0.475. The summed E-state index contributed by atoms with van der Waals surface area (Å²) in [5.74, 6) is -4.69. The van der Waals surface area contributed by atoms with Crippen LogP contribution < -0.4 is 5.32 Å². The van der Waals surface area contributed by atoms with Crippen molar-refractivity contribution in [3.05, 3.63) is 46.8 Å². The number of alkyl carbamates (subject to hydrolysis) is 1. The Labute approximate surface area is 155 Å². The highest BCUT2D eigenvalue weighted by Crippen LogP contribution is 2.35. The number of esters is 1. The predicted molar refractivity (Wildman–Crippen MR) is 91.5 cm³/mol. The molecular formula is C19H22F3NO4. The van der Waals surface area contributed by atoms with E-state index in [2.05, 4.69) is 10.1 Å². The number of hydrogen-bond donors (Lipinski definition) is 1. The van der Waals surface area contributed by atoms with Crippen molar-refractivity contribution in [1.29, 1.82) is 0 Å². The number of hydrogen-bond acceptors (Lipinski definition) is 4. The van der Waals surface area contributed by atoms with Gasteiger partial charge in [0.1, 0.15) is 11.4 Å². The van der Waals surface area contributed by atoms with E-state index in [0.717, 1.165) is 6.07 Å². The van der Waals surface area contributed by atoms with Gasteiger partial charge in [-0.2, -0.15) is 0 Å². The van der Waals surface area contributed by atoms with Crippen molar-refractivity contribution in [2.45, 2.75) is 51.2 Å². The fourth-order valence-corrected chi connectivity index (χ4v) is 2.97. The number of halogens is 3. The van der Waals surface area contributed by atoms with Crippen LogP contribution in [0.1, 0.15) is 45.1 Å². The van der Waals surface area contributed by atoms with Crippen LogP contribution in [-0.2, 0) is 14.3 Å². The smallest absolute Gasteiger partial charge is 0.407 e. The van der Waals surface area contributed by atoms with Gasteiger partial charge in [0.25, 0.3) is 0 Å². The number of carbonyl (C=O) groups is 2. The number of ether oxygens (including phenoxy) is 2. The minimum Gasteiger partial charge on any atom is -0.466 e. The minimum absolute atomic E-state index is 0.0367. The zero-order valence-corrected chi connectivity index (χ0v) is 15.6. The molecule has 0 fully saturated rings. The second kappa shape index (κ2) is 8.02. The number of allylic oxidation sites excluding steroid dienone is 1. The molecule has 0 radical (unpaired) electrons. The molecule has 2 rings (SSSR count). The van der Waals surface area contributed by atoms with Crippen LogP contribution in [0.4, 0.5) is 18.0 Å². The number of amides is 1. The summed E-state index contributed by atoms with van der Waals surface area (Å²) < 4.78 is 51.0. The molecule has 0 bridgehead atoms. The van der Waals surface area contributed by atoms with Crippen LogP contribution in [0.15, 0.2) is 23.8 Å². The Morgan fingerprint density at radius 3 is 2.33 bits per heavy atom. The van der Waals surface area contributed by atoms with Gasteiger partial charge in [-0.05, 0) is 38.8 Å². The molecule has 1 aliphatic carbocycles. The zero-order chi connectivity index (χ0) is 20.4. The van der Waals surface area contributed by atoms with Gasteiger partial charge in [0.15, 0.2) is 11.6 Å². The van der Waals surface area contributed by atoms with E-state index in [-0.39, 0.29) is 18.4 Å². The Bertz CT molecular complexity index is 771. The van der Waals surface area contributed by atoms with Crippen molar-refractivity contribution in [3.8, 4) is 0 Å². The molecule has 0 aromatic heterocycles. The van der Waals surface area contributed by atoms with Crippen molar-refractivity contribution in [1.82, 2.24) is 5.32 Å². The molecule has 0 saturated heterocycles. The first kappa shape index (κ1) is 20.8. The SMILES string of the molecule is COC(=O)C1=CC[C@H](c2cc(F)c(F)cc2F)[C@@H](NC(=O)OC(C)(C)C)C1. The number of nitrogens with one attached hydrogen (secondary N) is 1. The van der Waals surface area contributed by atoms with E-state index >= 15 is 0 Å². The third-order valence-electron chi connectivity index (χ3n) is 4.13. The zero-order valence-electron chi connectivity index (χ0n) is 15.6.